The molecule has 0 amide bonds. The van der Waals surface area contributed by atoms with Gasteiger partial charge in [-0.25, -0.2) is 0 Å². The van der Waals surface area contributed by atoms with Gasteiger partial charge in [-0.15, -0.1) is 0 Å². The quantitative estimate of drug-likeness (QED) is 0.837. The molecule has 0 heterocycles. The molecule has 1 N–H and O–H groups in total. The monoisotopic (exact) mass is 257 g/mol. The fraction of sp³-hybridized carbons (Fsp3) is 0.312. The second-order valence-electron chi connectivity index (χ2n) is 4.61. The van der Waals surface area contributed by atoms with Gasteiger partial charge in [-0.1, -0.05) is 18.2 Å². The lowest BCUT2D eigenvalue weighted by atomic mass is 10.0. The van der Waals surface area contributed by atoms with E-state index in [0.29, 0.717) is 6.54 Å². The summed E-state index contributed by atoms with van der Waals surface area (Å²) in [5.41, 5.74) is 1.84. The molecule has 0 aromatic heterocycles. The molecule has 0 atom stereocenters. The van der Waals surface area contributed by atoms with E-state index in [2.05, 4.69) is 17.9 Å². The van der Waals surface area contributed by atoms with Crippen molar-refractivity contribution >= 4 is 22.2 Å². The van der Waals surface area contributed by atoms with Crippen LogP contribution in [-0.4, -0.2) is 30.6 Å². The van der Waals surface area contributed by atoms with Crippen molar-refractivity contribution in [3.63, 3.8) is 0 Å². The first-order valence-electron chi connectivity index (χ1n) is 6.56. The molecule has 0 saturated carbocycles. The normalized spacial score (nSPS) is 10.7. The van der Waals surface area contributed by atoms with E-state index in [1.165, 1.54) is 0 Å². The summed E-state index contributed by atoms with van der Waals surface area (Å²) < 4.78 is 0. The van der Waals surface area contributed by atoms with Crippen molar-refractivity contribution in [2.75, 3.05) is 24.6 Å². The van der Waals surface area contributed by atoms with Crippen LogP contribution in [0.1, 0.15) is 24.2 Å². The standard InChI is InChI=1S/C16H19NO2/c1-3-17(8-9-18)16-7-6-14-10-13(12(2)19)4-5-15(14)11-16/h4-7,10-11,18H,3,8-9H2,1-2H3. The van der Waals surface area contributed by atoms with Crippen LogP contribution >= 0.6 is 0 Å². The van der Waals surface area contributed by atoms with Crippen molar-refractivity contribution in [1.82, 2.24) is 0 Å². The summed E-state index contributed by atoms with van der Waals surface area (Å²) in [7, 11) is 0. The molecule has 19 heavy (non-hydrogen) atoms. The molecule has 0 aliphatic heterocycles. The van der Waals surface area contributed by atoms with Crippen LogP contribution < -0.4 is 4.90 Å². The number of carbonyl (C=O) groups excluding carboxylic acids is 1. The maximum Gasteiger partial charge on any atom is 0.159 e. The third kappa shape index (κ3) is 2.93. The number of rotatable bonds is 5. The SMILES string of the molecule is CCN(CCO)c1ccc2cc(C(C)=O)ccc2c1. The highest BCUT2D eigenvalue weighted by Crippen LogP contribution is 2.23. The summed E-state index contributed by atoms with van der Waals surface area (Å²) in [5.74, 6) is 0.0847. The van der Waals surface area contributed by atoms with Crippen LogP contribution in [0, 0.1) is 0 Å². The highest BCUT2D eigenvalue weighted by atomic mass is 16.3. The van der Waals surface area contributed by atoms with E-state index >= 15 is 0 Å². The number of benzene rings is 2. The number of Topliss-reactive ketones (excluding diaryl/α,β-unsaturated/α-hetero) is 1. The molecule has 3 heteroatoms. The Balaban J connectivity index is 2.41. The third-order valence-electron chi connectivity index (χ3n) is 3.35. The van der Waals surface area contributed by atoms with Gasteiger partial charge in [0.25, 0.3) is 0 Å². The number of hydrogen-bond donors (Lipinski definition) is 1. The number of fused-ring (bicyclic) bond motifs is 1. The van der Waals surface area contributed by atoms with Crippen molar-refractivity contribution in [3.8, 4) is 0 Å². The average Bonchev–Trinajstić information content (AvgIpc) is 2.43. The topological polar surface area (TPSA) is 40.5 Å². The van der Waals surface area contributed by atoms with Gasteiger partial charge >= 0.3 is 0 Å². The van der Waals surface area contributed by atoms with E-state index in [4.69, 9.17) is 5.11 Å². The molecule has 2 aromatic carbocycles. The van der Waals surface area contributed by atoms with Crippen LogP contribution in [0.3, 0.4) is 0 Å². The van der Waals surface area contributed by atoms with E-state index < -0.39 is 0 Å². The van der Waals surface area contributed by atoms with Crippen LogP contribution in [0.5, 0.6) is 0 Å². The van der Waals surface area contributed by atoms with Gasteiger partial charge in [0.2, 0.25) is 0 Å². The van der Waals surface area contributed by atoms with E-state index in [-0.39, 0.29) is 12.4 Å². The fourth-order valence-electron chi connectivity index (χ4n) is 2.24. The van der Waals surface area contributed by atoms with Gasteiger partial charge in [0.15, 0.2) is 5.78 Å². The number of nitrogens with zero attached hydrogens (tertiary/aromatic N) is 1. The van der Waals surface area contributed by atoms with Crippen molar-refractivity contribution in [3.05, 3.63) is 42.0 Å². The maximum atomic E-state index is 11.4. The highest BCUT2D eigenvalue weighted by molar-refractivity contribution is 5.99. The van der Waals surface area contributed by atoms with Gasteiger partial charge in [-0.2, -0.15) is 0 Å². The van der Waals surface area contributed by atoms with Crippen LogP contribution in [0.15, 0.2) is 36.4 Å². The summed E-state index contributed by atoms with van der Waals surface area (Å²) in [6.07, 6.45) is 0. The van der Waals surface area contributed by atoms with E-state index in [1.807, 2.05) is 30.3 Å². The van der Waals surface area contributed by atoms with Crippen molar-refractivity contribution in [2.45, 2.75) is 13.8 Å². The number of likely N-dealkylation sites (N-methyl/N-ethyl adjacent to an activating group) is 1. The number of anilines is 1. The minimum atomic E-state index is 0.0847. The van der Waals surface area contributed by atoms with Crippen molar-refractivity contribution in [1.29, 1.82) is 0 Å². The number of hydrogen-bond acceptors (Lipinski definition) is 3. The number of carbonyl (C=O) groups is 1. The molecule has 2 aromatic rings. The molecule has 3 nitrogen and oxygen atoms in total. The van der Waals surface area contributed by atoms with E-state index in [0.717, 1.165) is 28.6 Å². The summed E-state index contributed by atoms with van der Waals surface area (Å²) >= 11 is 0. The number of ketones is 1. The van der Waals surface area contributed by atoms with Gasteiger partial charge in [0, 0.05) is 24.3 Å². The Morgan fingerprint density at radius 1 is 1.16 bits per heavy atom. The zero-order valence-electron chi connectivity index (χ0n) is 11.4. The lowest BCUT2D eigenvalue weighted by molar-refractivity contribution is 0.101. The molecule has 0 spiro atoms. The second kappa shape index (κ2) is 5.85. The largest absolute Gasteiger partial charge is 0.395 e. The number of aliphatic hydroxyl groups excluding tert-OH is 1. The molecule has 0 aliphatic carbocycles. The minimum absolute atomic E-state index is 0.0847. The summed E-state index contributed by atoms with van der Waals surface area (Å²) in [4.78, 5) is 13.5. The van der Waals surface area contributed by atoms with Gasteiger partial charge in [-0.3, -0.25) is 4.79 Å². The summed E-state index contributed by atoms with van der Waals surface area (Å²) in [6, 6.07) is 11.9. The Morgan fingerprint density at radius 2 is 1.84 bits per heavy atom. The Morgan fingerprint density at radius 3 is 2.47 bits per heavy atom. The zero-order chi connectivity index (χ0) is 13.8. The van der Waals surface area contributed by atoms with E-state index in [9.17, 15) is 4.79 Å². The Hall–Kier alpha value is -1.87. The van der Waals surface area contributed by atoms with Gasteiger partial charge in [0.05, 0.1) is 6.61 Å². The molecule has 0 fully saturated rings. The predicted molar refractivity (Wildman–Crippen MR) is 78.9 cm³/mol. The van der Waals surface area contributed by atoms with Gasteiger partial charge in [0.1, 0.15) is 0 Å². The van der Waals surface area contributed by atoms with Crippen LogP contribution in [0.2, 0.25) is 0 Å². The average molecular weight is 257 g/mol. The molecule has 2 rings (SSSR count). The molecular weight excluding hydrogens is 238 g/mol. The molecule has 0 unspecified atom stereocenters. The maximum absolute atomic E-state index is 11.4. The van der Waals surface area contributed by atoms with Crippen LogP contribution in [0.4, 0.5) is 5.69 Å². The lowest BCUT2D eigenvalue weighted by Gasteiger charge is -2.22. The Bertz CT molecular complexity index is 592. The molecule has 0 saturated heterocycles. The van der Waals surface area contributed by atoms with E-state index in [1.54, 1.807) is 6.92 Å². The van der Waals surface area contributed by atoms with Crippen LogP contribution in [-0.2, 0) is 0 Å². The molecule has 100 valence electrons. The Labute approximate surface area is 113 Å². The predicted octanol–water partition coefficient (Wildman–Crippen LogP) is 2.86. The first kappa shape index (κ1) is 13.6. The van der Waals surface area contributed by atoms with Crippen molar-refractivity contribution in [2.24, 2.45) is 0 Å². The minimum Gasteiger partial charge on any atom is -0.395 e. The first-order valence-corrected chi connectivity index (χ1v) is 6.56. The molecule has 0 radical (unpaired) electrons. The highest BCUT2D eigenvalue weighted by Gasteiger charge is 2.06. The second-order valence-corrected chi connectivity index (χ2v) is 4.61. The first-order chi connectivity index (χ1) is 9.15. The molecule has 0 bridgehead atoms. The smallest absolute Gasteiger partial charge is 0.159 e. The van der Waals surface area contributed by atoms with Gasteiger partial charge < -0.3 is 10.0 Å². The van der Waals surface area contributed by atoms with Crippen LogP contribution in [0.25, 0.3) is 10.8 Å². The van der Waals surface area contributed by atoms with Crippen molar-refractivity contribution < 1.29 is 9.90 Å². The lowest BCUT2D eigenvalue weighted by Crippen LogP contribution is -2.25. The number of aliphatic hydroxyl groups is 1. The third-order valence-corrected chi connectivity index (χ3v) is 3.35. The Kier molecular flexibility index (Phi) is 4.17. The molecular formula is C16H19NO2. The molecule has 0 aliphatic rings. The summed E-state index contributed by atoms with van der Waals surface area (Å²) in [5, 5.41) is 11.2. The summed E-state index contributed by atoms with van der Waals surface area (Å²) in [6.45, 7) is 5.29. The zero-order valence-corrected chi connectivity index (χ0v) is 11.4. The van der Waals surface area contributed by atoms with Gasteiger partial charge in [-0.05, 0) is 42.8 Å². The fourth-order valence-corrected chi connectivity index (χ4v) is 2.24.